The number of aromatic nitrogens is 1. The van der Waals surface area contributed by atoms with E-state index in [1.165, 1.54) is 0 Å². The molecule has 126 valence electrons. The largest absolute Gasteiger partial charge is 0.368 e. The van der Waals surface area contributed by atoms with E-state index in [-0.39, 0.29) is 18.4 Å². The molecule has 0 bridgehead atoms. The van der Waals surface area contributed by atoms with Crippen LogP contribution in [0.4, 0.5) is 0 Å². The average molecular weight is 328 g/mol. The Morgan fingerprint density at radius 2 is 1.67 bits per heavy atom. The molecule has 3 amide bonds. The van der Waals surface area contributed by atoms with Crippen LogP contribution in [-0.4, -0.2) is 28.8 Å². The molecule has 0 saturated heterocycles. The van der Waals surface area contributed by atoms with Crippen LogP contribution in [0, 0.1) is 6.92 Å². The summed E-state index contributed by atoms with van der Waals surface area (Å²) in [6, 6.07) is 10.4. The second kappa shape index (κ2) is 7.45. The fourth-order valence-corrected chi connectivity index (χ4v) is 2.16. The summed E-state index contributed by atoms with van der Waals surface area (Å²) in [5.41, 5.74) is 7.86. The van der Waals surface area contributed by atoms with Crippen molar-refractivity contribution in [2.24, 2.45) is 12.8 Å². The molecule has 0 aliphatic carbocycles. The first-order valence-corrected chi connectivity index (χ1v) is 7.44. The minimum absolute atomic E-state index is 0.158. The Hall–Kier alpha value is -3.09. The monoisotopic (exact) mass is 328 g/mol. The van der Waals surface area contributed by atoms with Gasteiger partial charge in [0, 0.05) is 24.8 Å². The zero-order valence-corrected chi connectivity index (χ0v) is 13.6. The highest BCUT2D eigenvalue weighted by Crippen LogP contribution is 2.07. The van der Waals surface area contributed by atoms with Gasteiger partial charge in [-0.25, -0.2) is 0 Å². The van der Waals surface area contributed by atoms with Crippen molar-refractivity contribution in [3.8, 4) is 0 Å². The van der Waals surface area contributed by atoms with Gasteiger partial charge in [-0.3, -0.25) is 14.4 Å². The summed E-state index contributed by atoms with van der Waals surface area (Å²) >= 11 is 0. The molecule has 0 saturated carbocycles. The van der Waals surface area contributed by atoms with E-state index in [0.29, 0.717) is 17.8 Å². The van der Waals surface area contributed by atoms with Crippen LogP contribution in [0.25, 0.3) is 0 Å². The van der Waals surface area contributed by atoms with Gasteiger partial charge in [0.1, 0.15) is 5.69 Å². The maximum Gasteiger partial charge on any atom is 0.268 e. The molecule has 24 heavy (non-hydrogen) atoms. The van der Waals surface area contributed by atoms with Crippen LogP contribution in [0.1, 0.15) is 32.1 Å². The molecular weight excluding hydrogens is 308 g/mol. The third kappa shape index (κ3) is 4.22. The third-order valence-corrected chi connectivity index (χ3v) is 3.70. The first kappa shape index (κ1) is 17.3. The van der Waals surface area contributed by atoms with Crippen molar-refractivity contribution in [3.05, 3.63) is 58.9 Å². The van der Waals surface area contributed by atoms with Crippen molar-refractivity contribution in [1.82, 2.24) is 15.2 Å². The summed E-state index contributed by atoms with van der Waals surface area (Å²) in [6.07, 6.45) is 0. The zero-order valence-electron chi connectivity index (χ0n) is 13.6. The van der Waals surface area contributed by atoms with E-state index < -0.39 is 5.91 Å². The van der Waals surface area contributed by atoms with Gasteiger partial charge in [-0.2, -0.15) is 0 Å². The first-order chi connectivity index (χ1) is 11.4. The van der Waals surface area contributed by atoms with E-state index in [9.17, 15) is 14.4 Å². The molecule has 0 atom stereocenters. The Balaban J connectivity index is 1.92. The number of rotatable bonds is 6. The van der Waals surface area contributed by atoms with Crippen LogP contribution in [0.15, 0.2) is 36.4 Å². The lowest BCUT2D eigenvalue weighted by molar-refractivity contribution is -0.117. The second-order valence-electron chi connectivity index (χ2n) is 5.45. The van der Waals surface area contributed by atoms with Gasteiger partial charge >= 0.3 is 0 Å². The number of hydrogen-bond donors (Lipinski definition) is 3. The minimum atomic E-state index is -0.599. The van der Waals surface area contributed by atoms with Crippen molar-refractivity contribution in [3.63, 3.8) is 0 Å². The van der Waals surface area contributed by atoms with Crippen LogP contribution < -0.4 is 16.4 Å². The summed E-state index contributed by atoms with van der Waals surface area (Å²) in [5.74, 6) is -1.13. The smallest absolute Gasteiger partial charge is 0.268 e. The van der Waals surface area contributed by atoms with Gasteiger partial charge in [-0.15, -0.1) is 0 Å². The number of hydrogen-bond acceptors (Lipinski definition) is 3. The van der Waals surface area contributed by atoms with Crippen LogP contribution >= 0.6 is 0 Å². The van der Waals surface area contributed by atoms with E-state index in [0.717, 1.165) is 11.3 Å². The fraction of sp³-hybridized carbons (Fsp3) is 0.235. The van der Waals surface area contributed by atoms with Crippen molar-refractivity contribution in [2.75, 3.05) is 6.54 Å². The molecule has 4 N–H and O–H groups in total. The molecule has 0 fully saturated rings. The number of aryl methyl sites for hydroxylation is 1. The summed E-state index contributed by atoms with van der Waals surface area (Å²) in [7, 11) is 1.84. The minimum Gasteiger partial charge on any atom is -0.368 e. The quantitative estimate of drug-likeness (QED) is 0.718. The van der Waals surface area contributed by atoms with Crippen LogP contribution in [0.2, 0.25) is 0 Å². The van der Waals surface area contributed by atoms with Crippen molar-refractivity contribution in [2.45, 2.75) is 13.5 Å². The molecule has 7 nitrogen and oxygen atoms in total. The molecule has 1 heterocycles. The Morgan fingerprint density at radius 3 is 2.21 bits per heavy atom. The molecule has 7 heteroatoms. The molecular formula is C17H20N4O3. The van der Waals surface area contributed by atoms with Crippen molar-refractivity contribution < 1.29 is 14.4 Å². The number of nitrogens with one attached hydrogen (secondary N) is 2. The lowest BCUT2D eigenvalue weighted by atomic mass is 10.1. The molecule has 0 spiro atoms. The predicted octanol–water partition coefficient (Wildman–Crippen LogP) is 0.479. The topological polar surface area (TPSA) is 106 Å². The number of primary amides is 1. The molecule has 0 aliphatic rings. The molecule has 0 unspecified atom stereocenters. The van der Waals surface area contributed by atoms with Gasteiger partial charge in [0.25, 0.3) is 11.8 Å². The molecule has 2 aromatic rings. The lowest BCUT2D eigenvalue weighted by Crippen LogP contribution is -2.33. The van der Waals surface area contributed by atoms with Gasteiger partial charge in [-0.05, 0) is 36.8 Å². The van der Waals surface area contributed by atoms with E-state index in [1.54, 1.807) is 30.3 Å². The molecule has 0 radical (unpaired) electrons. The van der Waals surface area contributed by atoms with Crippen molar-refractivity contribution in [1.29, 1.82) is 0 Å². The highest BCUT2D eigenvalue weighted by molar-refractivity contribution is 5.96. The van der Waals surface area contributed by atoms with Crippen LogP contribution in [-0.2, 0) is 18.4 Å². The number of nitrogens with two attached hydrogens (primary N) is 1. The first-order valence-electron chi connectivity index (χ1n) is 7.44. The maximum absolute atomic E-state index is 12.1. The van der Waals surface area contributed by atoms with Gasteiger partial charge < -0.3 is 20.9 Å². The normalized spacial score (nSPS) is 10.2. The SMILES string of the molecule is Cc1ccc(C(=O)NCc2ccc(C(=O)NCC(N)=O)cc2)n1C. The van der Waals surface area contributed by atoms with Crippen LogP contribution in [0.3, 0.4) is 0 Å². The fourth-order valence-electron chi connectivity index (χ4n) is 2.16. The average Bonchev–Trinajstić information content (AvgIpc) is 2.90. The zero-order chi connectivity index (χ0) is 17.7. The molecule has 0 aliphatic heterocycles. The summed E-state index contributed by atoms with van der Waals surface area (Å²) in [6.45, 7) is 2.08. The second-order valence-corrected chi connectivity index (χ2v) is 5.45. The molecule has 1 aromatic heterocycles. The van der Waals surface area contributed by atoms with Gasteiger partial charge in [0.05, 0.1) is 6.54 Å². The van der Waals surface area contributed by atoms with Gasteiger partial charge in [0.2, 0.25) is 5.91 Å². The summed E-state index contributed by atoms with van der Waals surface area (Å²) < 4.78 is 1.82. The Kier molecular flexibility index (Phi) is 5.36. The van der Waals surface area contributed by atoms with E-state index in [1.807, 2.05) is 24.6 Å². The van der Waals surface area contributed by atoms with E-state index >= 15 is 0 Å². The number of carbonyl (C=O) groups excluding carboxylic acids is 3. The third-order valence-electron chi connectivity index (χ3n) is 3.70. The number of amides is 3. The standard InChI is InChI=1S/C17H20N4O3/c1-11-3-8-14(21(11)2)17(24)19-9-12-4-6-13(7-5-12)16(23)20-10-15(18)22/h3-8H,9-10H2,1-2H3,(H2,18,22)(H,19,24)(H,20,23). The Morgan fingerprint density at radius 1 is 1.00 bits per heavy atom. The maximum atomic E-state index is 12.1. The summed E-state index contributed by atoms with van der Waals surface area (Å²) in [5, 5.41) is 5.25. The Bertz CT molecular complexity index is 763. The molecule has 1 aromatic carbocycles. The highest BCUT2D eigenvalue weighted by atomic mass is 16.2. The highest BCUT2D eigenvalue weighted by Gasteiger charge is 2.11. The number of nitrogens with zero attached hydrogens (tertiary/aromatic N) is 1. The van der Waals surface area contributed by atoms with Gasteiger partial charge in [0.15, 0.2) is 0 Å². The Labute approximate surface area is 139 Å². The number of benzene rings is 1. The van der Waals surface area contributed by atoms with E-state index in [2.05, 4.69) is 10.6 Å². The number of carbonyl (C=O) groups is 3. The lowest BCUT2D eigenvalue weighted by Gasteiger charge is -2.08. The van der Waals surface area contributed by atoms with E-state index in [4.69, 9.17) is 5.73 Å². The molecule has 2 rings (SSSR count). The van der Waals surface area contributed by atoms with Crippen LogP contribution in [0.5, 0.6) is 0 Å². The van der Waals surface area contributed by atoms with Crippen molar-refractivity contribution >= 4 is 17.7 Å². The van der Waals surface area contributed by atoms with Gasteiger partial charge in [-0.1, -0.05) is 12.1 Å². The summed E-state index contributed by atoms with van der Waals surface area (Å²) in [4.78, 5) is 34.5. The predicted molar refractivity (Wildman–Crippen MR) is 89.3 cm³/mol.